The molecule has 5 heteroatoms. The highest BCUT2D eigenvalue weighted by Gasteiger charge is 2.28. The van der Waals surface area contributed by atoms with Gasteiger partial charge in [0.05, 0.1) is 12.6 Å². The van der Waals surface area contributed by atoms with Gasteiger partial charge in [-0.25, -0.2) is 4.79 Å². The summed E-state index contributed by atoms with van der Waals surface area (Å²) < 4.78 is 5.45. The summed E-state index contributed by atoms with van der Waals surface area (Å²) in [5.74, 6) is 0.800. The molecular weight excluding hydrogens is 348 g/mol. The van der Waals surface area contributed by atoms with Gasteiger partial charge in [-0.05, 0) is 55.7 Å². The van der Waals surface area contributed by atoms with Crippen molar-refractivity contribution >= 4 is 23.3 Å². The Balaban J connectivity index is 1.77. The van der Waals surface area contributed by atoms with Gasteiger partial charge < -0.3 is 15.0 Å². The molecule has 0 aromatic heterocycles. The molecule has 1 saturated heterocycles. The number of hydrogen-bond acceptors (Lipinski definition) is 2. The van der Waals surface area contributed by atoms with E-state index in [2.05, 4.69) is 5.32 Å². The zero-order valence-corrected chi connectivity index (χ0v) is 15.8. The van der Waals surface area contributed by atoms with Gasteiger partial charge in [0.15, 0.2) is 0 Å². The number of rotatable bonds is 4. The predicted octanol–water partition coefficient (Wildman–Crippen LogP) is 5.89. The molecule has 1 N–H and O–H groups in total. The summed E-state index contributed by atoms with van der Waals surface area (Å²) in [6.45, 7) is 3.31. The Labute approximate surface area is 160 Å². The van der Waals surface area contributed by atoms with Crippen molar-refractivity contribution in [1.29, 1.82) is 0 Å². The second-order valence-electron chi connectivity index (χ2n) is 6.47. The van der Waals surface area contributed by atoms with Crippen LogP contribution in [-0.4, -0.2) is 24.1 Å². The number of nitrogens with zero attached hydrogens (tertiary/aromatic N) is 1. The van der Waals surface area contributed by atoms with Gasteiger partial charge in [0.25, 0.3) is 0 Å². The fourth-order valence-electron chi connectivity index (χ4n) is 3.42. The van der Waals surface area contributed by atoms with E-state index in [1.807, 2.05) is 60.4 Å². The van der Waals surface area contributed by atoms with E-state index in [9.17, 15) is 4.79 Å². The van der Waals surface area contributed by atoms with Crippen LogP contribution in [0.5, 0.6) is 5.75 Å². The van der Waals surface area contributed by atoms with Crippen molar-refractivity contribution < 1.29 is 9.53 Å². The topological polar surface area (TPSA) is 41.6 Å². The van der Waals surface area contributed by atoms with Gasteiger partial charge >= 0.3 is 6.03 Å². The second kappa shape index (κ2) is 8.95. The number of anilines is 1. The lowest BCUT2D eigenvalue weighted by Crippen LogP contribution is -2.38. The van der Waals surface area contributed by atoms with Crippen LogP contribution in [0.2, 0.25) is 5.02 Å². The van der Waals surface area contributed by atoms with Crippen LogP contribution in [0.15, 0.2) is 48.5 Å². The van der Waals surface area contributed by atoms with E-state index < -0.39 is 0 Å². The third-order valence-electron chi connectivity index (χ3n) is 4.69. The minimum absolute atomic E-state index is 0.00824. The molecule has 1 fully saturated rings. The van der Waals surface area contributed by atoms with E-state index >= 15 is 0 Å². The zero-order chi connectivity index (χ0) is 18.4. The SMILES string of the molecule is CCOc1ccc(NC(=O)N2CCCCC[C@@H]2c2ccccc2Cl)cc1. The fraction of sp³-hybridized carbons (Fsp3) is 0.381. The van der Waals surface area contributed by atoms with Crippen molar-refractivity contribution in [1.82, 2.24) is 4.90 Å². The maximum absolute atomic E-state index is 13.0. The maximum Gasteiger partial charge on any atom is 0.322 e. The molecule has 0 saturated carbocycles. The van der Waals surface area contributed by atoms with Gasteiger partial charge in [-0.1, -0.05) is 42.6 Å². The lowest BCUT2D eigenvalue weighted by atomic mass is 10.0. The Morgan fingerprint density at radius 1 is 1.15 bits per heavy atom. The molecule has 2 aromatic rings. The molecule has 0 radical (unpaired) electrons. The number of halogens is 1. The second-order valence-corrected chi connectivity index (χ2v) is 6.87. The van der Waals surface area contributed by atoms with Crippen LogP contribution in [0.4, 0.5) is 10.5 Å². The molecule has 1 aliphatic heterocycles. The Morgan fingerprint density at radius 3 is 2.65 bits per heavy atom. The van der Waals surface area contributed by atoms with Crippen molar-refractivity contribution in [3.05, 3.63) is 59.1 Å². The van der Waals surface area contributed by atoms with Gasteiger partial charge in [0.2, 0.25) is 0 Å². The van der Waals surface area contributed by atoms with Crippen LogP contribution < -0.4 is 10.1 Å². The molecule has 0 unspecified atom stereocenters. The molecule has 0 aliphatic carbocycles. The minimum atomic E-state index is -0.0824. The summed E-state index contributed by atoms with van der Waals surface area (Å²) in [6, 6.07) is 15.2. The molecule has 3 rings (SSSR count). The van der Waals surface area contributed by atoms with E-state index in [1.54, 1.807) is 0 Å². The molecule has 26 heavy (non-hydrogen) atoms. The minimum Gasteiger partial charge on any atom is -0.494 e. The summed E-state index contributed by atoms with van der Waals surface area (Å²) in [5.41, 5.74) is 1.79. The van der Waals surface area contributed by atoms with Crippen LogP contribution in [0.25, 0.3) is 0 Å². The molecule has 1 atom stereocenters. The number of ether oxygens (including phenoxy) is 1. The molecule has 4 nitrogen and oxygen atoms in total. The van der Waals surface area contributed by atoms with Crippen LogP contribution in [0.1, 0.15) is 44.2 Å². The van der Waals surface area contributed by atoms with Gasteiger partial charge in [0.1, 0.15) is 5.75 Å². The van der Waals surface area contributed by atoms with Crippen LogP contribution in [0, 0.1) is 0 Å². The largest absolute Gasteiger partial charge is 0.494 e. The lowest BCUT2D eigenvalue weighted by Gasteiger charge is -2.31. The van der Waals surface area contributed by atoms with E-state index in [0.29, 0.717) is 6.61 Å². The van der Waals surface area contributed by atoms with E-state index in [0.717, 1.165) is 54.3 Å². The van der Waals surface area contributed by atoms with Crippen molar-refractivity contribution in [3.8, 4) is 5.75 Å². The van der Waals surface area contributed by atoms with Crippen molar-refractivity contribution in [2.45, 2.75) is 38.6 Å². The highest BCUT2D eigenvalue weighted by Crippen LogP contribution is 2.34. The molecule has 2 amide bonds. The number of hydrogen-bond donors (Lipinski definition) is 1. The van der Waals surface area contributed by atoms with Gasteiger partial charge in [0, 0.05) is 17.3 Å². The Kier molecular flexibility index (Phi) is 6.40. The number of carbonyl (C=O) groups is 1. The molecule has 1 heterocycles. The fourth-order valence-corrected chi connectivity index (χ4v) is 3.68. The van der Waals surface area contributed by atoms with Crippen molar-refractivity contribution in [3.63, 3.8) is 0 Å². The van der Waals surface area contributed by atoms with Crippen molar-refractivity contribution in [2.24, 2.45) is 0 Å². The van der Waals surface area contributed by atoms with Crippen LogP contribution >= 0.6 is 11.6 Å². The monoisotopic (exact) mass is 372 g/mol. The standard InChI is InChI=1S/C21H25ClN2O2/c1-2-26-17-13-11-16(12-14-17)23-21(25)24-15-7-3-4-10-20(24)18-8-5-6-9-19(18)22/h5-6,8-9,11-14,20H,2-4,7,10,15H2,1H3,(H,23,25)/t20-/m1/s1. The molecule has 0 bridgehead atoms. The van der Waals surface area contributed by atoms with Crippen molar-refractivity contribution in [2.75, 3.05) is 18.5 Å². The lowest BCUT2D eigenvalue weighted by molar-refractivity contribution is 0.189. The van der Waals surface area contributed by atoms with E-state index in [4.69, 9.17) is 16.3 Å². The number of amides is 2. The van der Waals surface area contributed by atoms with Crippen LogP contribution in [0.3, 0.4) is 0 Å². The normalized spacial score (nSPS) is 17.5. The summed E-state index contributed by atoms with van der Waals surface area (Å²) in [4.78, 5) is 14.9. The molecule has 1 aliphatic rings. The number of nitrogens with one attached hydrogen (secondary N) is 1. The zero-order valence-electron chi connectivity index (χ0n) is 15.1. The van der Waals surface area contributed by atoms with Crippen LogP contribution in [-0.2, 0) is 0 Å². The van der Waals surface area contributed by atoms with Gasteiger partial charge in [-0.3, -0.25) is 0 Å². The molecular formula is C21H25ClN2O2. The first-order valence-electron chi connectivity index (χ1n) is 9.24. The first-order valence-corrected chi connectivity index (χ1v) is 9.61. The summed E-state index contributed by atoms with van der Waals surface area (Å²) in [5, 5.41) is 3.74. The van der Waals surface area contributed by atoms with E-state index in [-0.39, 0.29) is 12.1 Å². The highest BCUT2D eigenvalue weighted by molar-refractivity contribution is 6.31. The molecule has 138 valence electrons. The highest BCUT2D eigenvalue weighted by atomic mass is 35.5. The summed E-state index contributed by atoms with van der Waals surface area (Å²) in [7, 11) is 0. The third kappa shape index (κ3) is 4.50. The molecule has 2 aromatic carbocycles. The maximum atomic E-state index is 13.0. The first-order chi connectivity index (χ1) is 12.7. The average molecular weight is 373 g/mol. The van der Waals surface area contributed by atoms with Gasteiger partial charge in [-0.15, -0.1) is 0 Å². The van der Waals surface area contributed by atoms with Gasteiger partial charge in [-0.2, -0.15) is 0 Å². The Bertz CT molecular complexity index is 733. The van der Waals surface area contributed by atoms with E-state index in [1.165, 1.54) is 0 Å². The quantitative estimate of drug-likeness (QED) is 0.727. The smallest absolute Gasteiger partial charge is 0.322 e. The number of urea groups is 1. The summed E-state index contributed by atoms with van der Waals surface area (Å²) >= 11 is 6.42. The molecule has 0 spiro atoms. The first kappa shape index (κ1) is 18.6. The Hall–Kier alpha value is -2.20. The Morgan fingerprint density at radius 2 is 1.92 bits per heavy atom. The number of benzene rings is 2. The predicted molar refractivity (Wildman–Crippen MR) is 106 cm³/mol. The third-order valence-corrected chi connectivity index (χ3v) is 5.04. The summed E-state index contributed by atoms with van der Waals surface area (Å²) in [6.07, 6.45) is 4.18. The average Bonchev–Trinajstić information content (AvgIpc) is 2.90. The number of carbonyl (C=O) groups excluding carboxylic acids is 1. The number of likely N-dealkylation sites (tertiary alicyclic amines) is 1.